The van der Waals surface area contributed by atoms with Gasteiger partial charge >= 0.3 is 0 Å². The standard InChI is InChI=1S/C19H21FN2O3S/c1-14(25-16-11-9-15(20)10-12-16)19(24)22-21-18(23)8-5-13-26-17-6-3-2-4-7-17/h2-4,6-7,9-12,14H,5,8,13H2,1H3,(H,21,23)(H,22,24). The fourth-order valence-electron chi connectivity index (χ4n) is 2.01. The van der Waals surface area contributed by atoms with Crippen molar-refractivity contribution in [3.63, 3.8) is 0 Å². The van der Waals surface area contributed by atoms with Gasteiger partial charge in [0, 0.05) is 11.3 Å². The van der Waals surface area contributed by atoms with Gasteiger partial charge in [0.15, 0.2) is 6.10 Å². The van der Waals surface area contributed by atoms with Crippen LogP contribution in [0.15, 0.2) is 59.5 Å². The van der Waals surface area contributed by atoms with Crippen LogP contribution in [0.5, 0.6) is 5.75 Å². The minimum Gasteiger partial charge on any atom is -0.481 e. The SMILES string of the molecule is CC(Oc1ccc(F)cc1)C(=O)NNC(=O)CCCSc1ccccc1. The molecule has 1 atom stereocenters. The van der Waals surface area contributed by atoms with E-state index < -0.39 is 12.0 Å². The highest BCUT2D eigenvalue weighted by Gasteiger charge is 2.15. The Balaban J connectivity index is 1.61. The van der Waals surface area contributed by atoms with Crippen molar-refractivity contribution in [1.29, 1.82) is 0 Å². The highest BCUT2D eigenvalue weighted by molar-refractivity contribution is 7.99. The van der Waals surface area contributed by atoms with Crippen molar-refractivity contribution in [2.45, 2.75) is 30.8 Å². The van der Waals surface area contributed by atoms with E-state index in [-0.39, 0.29) is 11.7 Å². The average Bonchev–Trinajstić information content (AvgIpc) is 2.66. The van der Waals surface area contributed by atoms with Crippen molar-refractivity contribution in [1.82, 2.24) is 10.9 Å². The maximum Gasteiger partial charge on any atom is 0.279 e. The predicted octanol–water partition coefficient (Wildman–Crippen LogP) is 3.31. The minimum atomic E-state index is -0.825. The molecule has 138 valence electrons. The number of rotatable bonds is 8. The van der Waals surface area contributed by atoms with Gasteiger partial charge in [-0.05, 0) is 55.5 Å². The van der Waals surface area contributed by atoms with Gasteiger partial charge in [0.25, 0.3) is 5.91 Å². The van der Waals surface area contributed by atoms with Gasteiger partial charge in [0.1, 0.15) is 11.6 Å². The first-order chi connectivity index (χ1) is 12.5. The second kappa shape index (κ2) is 10.5. The number of carbonyl (C=O) groups is 2. The maximum atomic E-state index is 12.8. The van der Waals surface area contributed by atoms with Gasteiger partial charge in [-0.1, -0.05) is 18.2 Å². The first-order valence-electron chi connectivity index (χ1n) is 8.23. The normalized spacial score (nSPS) is 11.5. The third kappa shape index (κ3) is 7.14. The number of hydrazine groups is 1. The zero-order valence-electron chi connectivity index (χ0n) is 14.4. The molecular weight excluding hydrogens is 355 g/mol. The van der Waals surface area contributed by atoms with Gasteiger partial charge in [-0.2, -0.15) is 0 Å². The molecule has 0 aliphatic carbocycles. The molecule has 5 nitrogen and oxygen atoms in total. The molecule has 7 heteroatoms. The summed E-state index contributed by atoms with van der Waals surface area (Å²) >= 11 is 1.68. The Morgan fingerprint density at radius 1 is 1.08 bits per heavy atom. The van der Waals surface area contributed by atoms with Gasteiger partial charge in [0.2, 0.25) is 5.91 Å². The van der Waals surface area contributed by atoms with Crippen LogP contribution in [0.1, 0.15) is 19.8 Å². The van der Waals surface area contributed by atoms with Crippen LogP contribution >= 0.6 is 11.8 Å². The summed E-state index contributed by atoms with van der Waals surface area (Å²) in [5, 5.41) is 0. The van der Waals surface area contributed by atoms with Crippen LogP contribution in [0.3, 0.4) is 0 Å². The van der Waals surface area contributed by atoms with Crippen molar-refractivity contribution in [3.05, 3.63) is 60.4 Å². The van der Waals surface area contributed by atoms with Crippen molar-refractivity contribution >= 4 is 23.6 Å². The van der Waals surface area contributed by atoms with Gasteiger partial charge < -0.3 is 4.74 Å². The van der Waals surface area contributed by atoms with E-state index in [2.05, 4.69) is 10.9 Å². The quantitative estimate of drug-likeness (QED) is 0.421. The number of halogens is 1. The fraction of sp³-hybridized carbons (Fsp3) is 0.263. The summed E-state index contributed by atoms with van der Waals surface area (Å²) in [6, 6.07) is 15.3. The van der Waals surface area contributed by atoms with E-state index in [1.807, 2.05) is 30.3 Å². The third-order valence-electron chi connectivity index (χ3n) is 3.38. The van der Waals surface area contributed by atoms with Crippen molar-refractivity contribution < 1.29 is 18.7 Å². The Hall–Kier alpha value is -2.54. The van der Waals surface area contributed by atoms with Crippen LogP contribution in [0.25, 0.3) is 0 Å². The molecule has 2 rings (SSSR count). The third-order valence-corrected chi connectivity index (χ3v) is 4.48. The molecule has 0 aromatic heterocycles. The van der Waals surface area contributed by atoms with E-state index in [0.29, 0.717) is 18.6 Å². The Bertz CT molecular complexity index is 710. The van der Waals surface area contributed by atoms with E-state index in [1.165, 1.54) is 24.3 Å². The predicted molar refractivity (Wildman–Crippen MR) is 99.2 cm³/mol. The van der Waals surface area contributed by atoms with E-state index in [1.54, 1.807) is 18.7 Å². The van der Waals surface area contributed by atoms with E-state index in [9.17, 15) is 14.0 Å². The zero-order chi connectivity index (χ0) is 18.8. The zero-order valence-corrected chi connectivity index (χ0v) is 15.2. The van der Waals surface area contributed by atoms with Crippen LogP contribution in [-0.4, -0.2) is 23.7 Å². The molecule has 0 aliphatic rings. The monoisotopic (exact) mass is 376 g/mol. The fourth-order valence-corrected chi connectivity index (χ4v) is 2.88. The van der Waals surface area contributed by atoms with Crippen LogP contribution < -0.4 is 15.6 Å². The smallest absolute Gasteiger partial charge is 0.279 e. The number of nitrogens with one attached hydrogen (secondary N) is 2. The lowest BCUT2D eigenvalue weighted by molar-refractivity contribution is -0.132. The maximum absolute atomic E-state index is 12.8. The molecule has 0 saturated heterocycles. The summed E-state index contributed by atoms with van der Waals surface area (Å²) in [6.45, 7) is 1.54. The van der Waals surface area contributed by atoms with Gasteiger partial charge in [-0.25, -0.2) is 4.39 Å². The molecule has 0 aliphatic heterocycles. The second-order valence-corrected chi connectivity index (χ2v) is 6.68. The lowest BCUT2D eigenvalue weighted by Crippen LogP contribution is -2.47. The number of thioether (sulfide) groups is 1. The molecule has 0 saturated carbocycles. The molecule has 2 amide bonds. The molecule has 1 unspecified atom stereocenters. The Kier molecular flexibility index (Phi) is 7.95. The Labute approximate surface area is 156 Å². The number of amides is 2. The number of carbonyl (C=O) groups excluding carboxylic acids is 2. The molecule has 2 aromatic carbocycles. The van der Waals surface area contributed by atoms with Crippen molar-refractivity contribution in [3.8, 4) is 5.75 Å². The number of hydrogen-bond donors (Lipinski definition) is 2. The molecule has 0 heterocycles. The van der Waals surface area contributed by atoms with E-state index in [4.69, 9.17) is 4.74 Å². The first-order valence-corrected chi connectivity index (χ1v) is 9.22. The van der Waals surface area contributed by atoms with Crippen molar-refractivity contribution in [2.75, 3.05) is 5.75 Å². The highest BCUT2D eigenvalue weighted by atomic mass is 32.2. The van der Waals surface area contributed by atoms with Gasteiger partial charge in [0.05, 0.1) is 0 Å². The van der Waals surface area contributed by atoms with Crippen LogP contribution in [0, 0.1) is 5.82 Å². The summed E-state index contributed by atoms with van der Waals surface area (Å²) < 4.78 is 18.2. The van der Waals surface area contributed by atoms with Crippen molar-refractivity contribution in [2.24, 2.45) is 0 Å². The Morgan fingerprint density at radius 2 is 1.77 bits per heavy atom. The molecule has 0 radical (unpaired) electrons. The number of ether oxygens (including phenoxy) is 1. The number of benzene rings is 2. The second-order valence-electron chi connectivity index (χ2n) is 5.52. The summed E-state index contributed by atoms with van der Waals surface area (Å²) in [4.78, 5) is 24.8. The van der Waals surface area contributed by atoms with Gasteiger partial charge in [-0.3, -0.25) is 20.4 Å². The molecule has 2 aromatic rings. The van der Waals surface area contributed by atoms with Crippen LogP contribution in [-0.2, 0) is 9.59 Å². The summed E-state index contributed by atoms with van der Waals surface area (Å²) in [5.74, 6) is 0.0583. The lowest BCUT2D eigenvalue weighted by atomic mass is 10.3. The molecule has 2 N–H and O–H groups in total. The van der Waals surface area contributed by atoms with Gasteiger partial charge in [-0.15, -0.1) is 11.8 Å². The Morgan fingerprint density at radius 3 is 2.46 bits per heavy atom. The van der Waals surface area contributed by atoms with E-state index in [0.717, 1.165) is 10.6 Å². The topological polar surface area (TPSA) is 67.4 Å². The number of hydrogen-bond acceptors (Lipinski definition) is 4. The molecule has 26 heavy (non-hydrogen) atoms. The summed E-state index contributed by atoms with van der Waals surface area (Å²) in [6.07, 6.45) is 0.185. The molecular formula is C19H21FN2O3S. The van der Waals surface area contributed by atoms with Crippen LogP contribution in [0.2, 0.25) is 0 Å². The van der Waals surface area contributed by atoms with E-state index >= 15 is 0 Å². The first kappa shape index (κ1) is 19.8. The summed E-state index contributed by atoms with van der Waals surface area (Å²) in [7, 11) is 0. The lowest BCUT2D eigenvalue weighted by Gasteiger charge is -2.15. The molecule has 0 fully saturated rings. The minimum absolute atomic E-state index is 0.263. The largest absolute Gasteiger partial charge is 0.481 e. The molecule has 0 bridgehead atoms. The highest BCUT2D eigenvalue weighted by Crippen LogP contribution is 2.18. The average molecular weight is 376 g/mol. The molecule has 0 spiro atoms. The van der Waals surface area contributed by atoms with Crippen LogP contribution in [0.4, 0.5) is 4.39 Å². The summed E-state index contributed by atoms with van der Waals surface area (Å²) in [5.41, 5.74) is 4.70.